The van der Waals surface area contributed by atoms with E-state index in [1.165, 1.54) is 18.9 Å². The van der Waals surface area contributed by atoms with Gasteiger partial charge in [0.1, 0.15) is 13.1 Å². The van der Waals surface area contributed by atoms with E-state index in [2.05, 4.69) is 9.48 Å². The highest BCUT2D eigenvalue weighted by Gasteiger charge is 2.61. The molecule has 2 N–H and O–H groups in total. The zero-order valence-corrected chi connectivity index (χ0v) is 25.7. The molecule has 42 heavy (non-hydrogen) atoms. The van der Waals surface area contributed by atoms with Gasteiger partial charge in [-0.25, -0.2) is 4.58 Å². The molecule has 2 aliphatic carbocycles. The Morgan fingerprint density at radius 2 is 1.55 bits per heavy atom. The molecule has 0 bridgehead atoms. The number of nitrogens with zero attached hydrogens (tertiary/aromatic N) is 2. The third-order valence-electron chi connectivity index (χ3n) is 12.4. The highest BCUT2D eigenvalue weighted by Crippen LogP contribution is 2.60. The van der Waals surface area contributed by atoms with Gasteiger partial charge in [-0.1, -0.05) is 6.07 Å². The number of hydrogen-bond acceptors (Lipinski definition) is 6. The summed E-state index contributed by atoms with van der Waals surface area (Å²) in [5, 5.41) is 0. The van der Waals surface area contributed by atoms with Gasteiger partial charge in [0.25, 0.3) is 20.2 Å². The first-order valence-corrected chi connectivity index (χ1v) is 19.1. The largest absolute Gasteiger partial charge is 0.373 e. The van der Waals surface area contributed by atoms with E-state index in [0.717, 1.165) is 83.6 Å². The minimum absolute atomic E-state index is 0.00464. The van der Waals surface area contributed by atoms with E-state index in [1.807, 2.05) is 0 Å². The van der Waals surface area contributed by atoms with Crippen LogP contribution >= 0.6 is 0 Å². The van der Waals surface area contributed by atoms with E-state index >= 15 is 0 Å². The molecule has 5 aliphatic heterocycles. The normalized spacial score (nSPS) is 41.8. The molecule has 0 radical (unpaired) electrons. The highest BCUT2D eigenvalue weighted by atomic mass is 32.2. The molecule has 0 spiro atoms. The monoisotopic (exact) mass is 619 g/mol. The van der Waals surface area contributed by atoms with Gasteiger partial charge in [-0.3, -0.25) is 14.0 Å². The second-order valence-corrected chi connectivity index (χ2v) is 17.1. The van der Waals surface area contributed by atoms with E-state index in [-0.39, 0.29) is 34.9 Å². The fourth-order valence-electron chi connectivity index (χ4n) is 11.2. The lowest BCUT2D eigenvalue weighted by molar-refractivity contribution is -0.545. The Kier molecular flexibility index (Phi) is 6.74. The molecule has 5 fully saturated rings. The molecule has 8 rings (SSSR count). The van der Waals surface area contributed by atoms with E-state index in [9.17, 15) is 25.9 Å². The van der Waals surface area contributed by atoms with Crippen molar-refractivity contribution in [2.45, 2.75) is 98.2 Å². The summed E-state index contributed by atoms with van der Waals surface area (Å²) < 4.78 is 80.2. The molecule has 1 aromatic rings. The molecule has 11 heteroatoms. The van der Waals surface area contributed by atoms with E-state index in [1.54, 1.807) is 11.8 Å². The van der Waals surface area contributed by atoms with Gasteiger partial charge in [0.15, 0.2) is 5.71 Å². The summed E-state index contributed by atoms with van der Waals surface area (Å²) >= 11 is 0. The van der Waals surface area contributed by atoms with Crippen molar-refractivity contribution in [2.75, 3.05) is 26.2 Å². The van der Waals surface area contributed by atoms with Crippen molar-refractivity contribution in [3.63, 3.8) is 0 Å². The van der Waals surface area contributed by atoms with Gasteiger partial charge in [0, 0.05) is 30.7 Å². The second-order valence-electron chi connectivity index (χ2n) is 14.3. The van der Waals surface area contributed by atoms with Gasteiger partial charge >= 0.3 is 0 Å². The average molecular weight is 620 g/mol. The minimum atomic E-state index is -4.76. The number of rotatable bonds is 3. The Bertz CT molecular complexity index is 1520. The summed E-state index contributed by atoms with van der Waals surface area (Å²) in [6.45, 7) is 4.51. The fourth-order valence-corrected chi connectivity index (χ4v) is 12.6. The lowest BCUT2D eigenvalue weighted by Crippen LogP contribution is -2.66. The zero-order valence-electron chi connectivity index (χ0n) is 24.1. The molecule has 7 aliphatic rings. The van der Waals surface area contributed by atoms with Crippen molar-refractivity contribution >= 4 is 25.9 Å². The predicted molar refractivity (Wildman–Crippen MR) is 155 cm³/mol. The van der Waals surface area contributed by atoms with Crippen molar-refractivity contribution in [1.82, 2.24) is 4.90 Å². The van der Waals surface area contributed by atoms with Crippen LogP contribution in [0.1, 0.15) is 75.7 Å². The molecule has 2 saturated carbocycles. The number of benzene rings is 1. The molecule has 230 valence electrons. The van der Waals surface area contributed by atoms with Gasteiger partial charge in [-0.15, -0.1) is 0 Å². The number of ether oxygens (including phenoxy) is 1. The van der Waals surface area contributed by atoms with Gasteiger partial charge in [0.05, 0.1) is 27.9 Å². The standard InChI is InChI=1S/C31H42N2O7S2/c34-41(35,36)20-9-10-21(26(17-20)42(37,38)39)27-24-15-18-5-1-11-32-13-3-7-22(28(18)32)30(24)40-31-23-8-4-14-33-12-2-6-19(29(23)33)16-25(27)31/h9-10,17-19,22-25,27-28,30-31H,1-8,11-16H2,(H-,34,35,36,37,38,39)/p+1. The van der Waals surface area contributed by atoms with E-state index < -0.39 is 25.1 Å². The Morgan fingerprint density at radius 1 is 0.810 bits per heavy atom. The second kappa shape index (κ2) is 10.1. The van der Waals surface area contributed by atoms with Gasteiger partial charge in [-0.2, -0.15) is 16.8 Å². The maximum absolute atomic E-state index is 12.9. The summed E-state index contributed by atoms with van der Waals surface area (Å²) in [6.07, 6.45) is 11.0. The Labute approximate surface area is 249 Å². The molecule has 9 nitrogen and oxygen atoms in total. The maximum atomic E-state index is 12.9. The Balaban J connectivity index is 1.30. The number of fused-ring (bicyclic) bond motifs is 4. The molecule has 0 amide bonds. The molecule has 5 heterocycles. The summed E-state index contributed by atoms with van der Waals surface area (Å²) in [5.41, 5.74) is 2.08. The van der Waals surface area contributed by atoms with Crippen LogP contribution in [0.2, 0.25) is 0 Å². The number of hydrogen-bond donors (Lipinski definition) is 2. The van der Waals surface area contributed by atoms with Crippen LogP contribution in [0.4, 0.5) is 0 Å². The van der Waals surface area contributed by atoms with Crippen molar-refractivity contribution in [2.24, 2.45) is 35.5 Å². The molecule has 0 aromatic heterocycles. The third-order valence-corrected chi connectivity index (χ3v) is 14.1. The SMILES string of the molecule is O=S(=O)(O)c1ccc(C2C3CC4CCC[N+]5=C4C(CCC5)C3OC3C2CC2CCCN4CCCC3C24)c(S(=O)(=O)O)c1. The van der Waals surface area contributed by atoms with Gasteiger partial charge < -0.3 is 4.74 Å². The van der Waals surface area contributed by atoms with Crippen LogP contribution < -0.4 is 0 Å². The van der Waals surface area contributed by atoms with E-state index in [0.29, 0.717) is 35.3 Å². The number of piperidine rings is 2. The average Bonchev–Trinajstić information content (AvgIpc) is 2.96. The third kappa shape index (κ3) is 4.39. The summed E-state index contributed by atoms with van der Waals surface area (Å²) in [6, 6.07) is 4.37. The van der Waals surface area contributed by atoms with Crippen molar-refractivity contribution in [3.05, 3.63) is 23.8 Å². The lowest BCUT2D eigenvalue weighted by Gasteiger charge is -2.62. The highest BCUT2D eigenvalue weighted by molar-refractivity contribution is 7.86. The van der Waals surface area contributed by atoms with E-state index in [4.69, 9.17) is 4.74 Å². The van der Waals surface area contributed by atoms with Gasteiger partial charge in [0.2, 0.25) is 0 Å². The molecule has 10 unspecified atom stereocenters. The molecular formula is C31H43N2O7S2+. The first kappa shape index (κ1) is 28.1. The van der Waals surface area contributed by atoms with Crippen LogP contribution in [0.15, 0.2) is 28.0 Å². The van der Waals surface area contributed by atoms with Crippen LogP contribution in [0.5, 0.6) is 0 Å². The Hall–Kier alpha value is -1.37. The van der Waals surface area contributed by atoms with Gasteiger partial charge in [-0.05, 0) is 106 Å². The van der Waals surface area contributed by atoms with Crippen LogP contribution in [-0.2, 0) is 25.0 Å². The zero-order chi connectivity index (χ0) is 29.0. The molecular weight excluding hydrogens is 576 g/mol. The van der Waals surface area contributed by atoms with Crippen molar-refractivity contribution in [1.29, 1.82) is 0 Å². The smallest absolute Gasteiger partial charge is 0.294 e. The predicted octanol–water partition coefficient (Wildman–Crippen LogP) is 3.83. The lowest BCUT2D eigenvalue weighted by atomic mass is 9.53. The fraction of sp³-hybridized carbons (Fsp3) is 0.774. The Morgan fingerprint density at radius 3 is 2.31 bits per heavy atom. The van der Waals surface area contributed by atoms with Crippen molar-refractivity contribution < 1.29 is 35.3 Å². The van der Waals surface area contributed by atoms with Crippen LogP contribution in [0, 0.1) is 35.5 Å². The van der Waals surface area contributed by atoms with Crippen molar-refractivity contribution in [3.8, 4) is 0 Å². The summed E-state index contributed by atoms with van der Waals surface area (Å²) in [5.74, 6) is 1.71. The minimum Gasteiger partial charge on any atom is -0.373 e. The summed E-state index contributed by atoms with van der Waals surface area (Å²) in [7, 11) is -9.41. The summed E-state index contributed by atoms with van der Waals surface area (Å²) in [4.78, 5) is 1.82. The van der Waals surface area contributed by atoms with Crippen LogP contribution in [0.25, 0.3) is 0 Å². The van der Waals surface area contributed by atoms with Crippen LogP contribution in [-0.4, -0.2) is 85.6 Å². The quantitative estimate of drug-likeness (QED) is 0.387. The molecule has 10 atom stereocenters. The maximum Gasteiger partial charge on any atom is 0.294 e. The topological polar surface area (TPSA) is 124 Å². The first-order valence-electron chi connectivity index (χ1n) is 16.2. The molecule has 3 saturated heterocycles. The van der Waals surface area contributed by atoms with Crippen LogP contribution in [0.3, 0.4) is 0 Å². The molecule has 1 aromatic carbocycles. The first-order chi connectivity index (χ1) is 20.1.